The number of hydrogen-bond acceptors (Lipinski definition) is 4. The molecule has 0 aliphatic rings. The quantitative estimate of drug-likeness (QED) is 0.0503. The van der Waals surface area contributed by atoms with Crippen LogP contribution in [0.4, 0.5) is 0 Å². The molecule has 0 fully saturated rings. The smallest absolute Gasteiger partial charge is 0.236 e. The topological polar surface area (TPSA) is 97.5 Å². The molecule has 0 aromatic rings. The van der Waals surface area contributed by atoms with Crippen LogP contribution in [0, 0.1) is 0 Å². The fourth-order valence-electron chi connectivity index (χ4n) is 6.73. The molecule has 302 valence electrons. The number of allylic oxidation sites excluding steroid dienone is 4. The van der Waals surface area contributed by atoms with Crippen molar-refractivity contribution in [3.63, 3.8) is 0 Å². The van der Waals surface area contributed by atoms with Crippen LogP contribution in [0.1, 0.15) is 245 Å². The van der Waals surface area contributed by atoms with Crippen LogP contribution in [0.15, 0.2) is 24.3 Å². The number of rotatable bonds is 39. The minimum atomic E-state index is -0.329. The molecule has 4 amide bonds. The van der Waals surface area contributed by atoms with Crippen molar-refractivity contribution in [2.24, 2.45) is 5.73 Å². The van der Waals surface area contributed by atoms with E-state index in [1.54, 1.807) is 0 Å². The summed E-state index contributed by atoms with van der Waals surface area (Å²) in [5, 5.41) is 0. The van der Waals surface area contributed by atoms with Gasteiger partial charge in [-0.15, -0.1) is 0 Å². The van der Waals surface area contributed by atoms with E-state index >= 15 is 0 Å². The highest BCUT2D eigenvalue weighted by Gasteiger charge is 2.27. The summed E-state index contributed by atoms with van der Waals surface area (Å²) in [7, 11) is 0. The highest BCUT2D eigenvalue weighted by atomic mass is 16.2. The van der Waals surface area contributed by atoms with E-state index in [4.69, 9.17) is 5.73 Å². The van der Waals surface area contributed by atoms with Crippen LogP contribution >= 0.6 is 0 Å². The van der Waals surface area contributed by atoms with Gasteiger partial charge in [-0.2, -0.15) is 0 Å². The molecule has 6 nitrogen and oxygen atoms in total. The molecule has 0 atom stereocenters. The van der Waals surface area contributed by atoms with Gasteiger partial charge < -0.3 is 5.73 Å². The zero-order chi connectivity index (χ0) is 38.2. The Kier molecular flexibility index (Phi) is 38.2. The number of carbonyl (C=O) groups is 4. The highest BCUT2D eigenvalue weighted by Crippen LogP contribution is 2.16. The first kappa shape index (κ1) is 49.8. The minimum Gasteiger partial charge on any atom is -0.370 e. The highest BCUT2D eigenvalue weighted by molar-refractivity contribution is 6.10. The van der Waals surface area contributed by atoms with Gasteiger partial charge in [0.05, 0.1) is 0 Å². The lowest BCUT2D eigenvalue weighted by atomic mass is 10.1. The number of unbranched alkanes of at least 4 members (excludes halogenated alkanes) is 27. The van der Waals surface area contributed by atoms with Gasteiger partial charge in [-0.05, 0) is 77.0 Å². The van der Waals surface area contributed by atoms with Crippen LogP contribution in [0.2, 0.25) is 0 Å². The van der Waals surface area contributed by atoms with Gasteiger partial charge in [0, 0.05) is 25.7 Å². The second-order valence-electron chi connectivity index (χ2n) is 15.3. The molecule has 0 unspecified atom stereocenters. The molecule has 0 saturated heterocycles. The van der Waals surface area contributed by atoms with Crippen molar-refractivity contribution in [3.8, 4) is 0 Å². The van der Waals surface area contributed by atoms with Crippen molar-refractivity contribution < 1.29 is 19.2 Å². The monoisotopic (exact) mass is 729 g/mol. The van der Waals surface area contributed by atoms with Gasteiger partial charge in [0.1, 0.15) is 0 Å². The lowest BCUT2D eigenvalue weighted by Crippen LogP contribution is -2.41. The van der Waals surface area contributed by atoms with Crippen LogP contribution in [0.3, 0.4) is 0 Å². The van der Waals surface area contributed by atoms with Crippen molar-refractivity contribution in [2.45, 2.75) is 245 Å². The maximum absolute atomic E-state index is 13.2. The second-order valence-corrected chi connectivity index (χ2v) is 15.3. The Balaban J connectivity index is 4.41. The molecule has 0 heterocycles. The normalized spacial score (nSPS) is 11.6. The Morgan fingerprint density at radius 2 is 0.577 bits per heavy atom. The van der Waals surface area contributed by atoms with E-state index in [-0.39, 0.29) is 42.9 Å². The van der Waals surface area contributed by atoms with E-state index in [9.17, 15) is 19.2 Å². The molecule has 0 aliphatic heterocycles. The van der Waals surface area contributed by atoms with E-state index in [1.807, 2.05) is 0 Å². The molecule has 0 bridgehead atoms. The Morgan fingerprint density at radius 3 is 0.846 bits per heavy atom. The van der Waals surface area contributed by atoms with Crippen molar-refractivity contribution in [1.82, 2.24) is 4.90 Å². The molecule has 0 spiro atoms. The third-order valence-corrected chi connectivity index (χ3v) is 10.1. The number of nitrogens with two attached hydrogens (primary N) is 1. The largest absolute Gasteiger partial charge is 0.370 e. The third-order valence-electron chi connectivity index (χ3n) is 10.1. The van der Waals surface area contributed by atoms with Gasteiger partial charge in [-0.3, -0.25) is 19.2 Å². The minimum absolute atomic E-state index is 0.234. The molecule has 6 heteroatoms. The molecular weight excluding hydrogens is 645 g/mol. The molecule has 0 radical (unpaired) electrons. The first-order valence-electron chi connectivity index (χ1n) is 22.4. The van der Waals surface area contributed by atoms with Crippen LogP contribution < -0.4 is 5.73 Å². The molecular formula is C46H84N2O4. The number of primary amides is 1. The van der Waals surface area contributed by atoms with Gasteiger partial charge in [-0.1, -0.05) is 167 Å². The maximum atomic E-state index is 13.2. The van der Waals surface area contributed by atoms with Crippen LogP contribution in [-0.2, 0) is 19.2 Å². The van der Waals surface area contributed by atoms with Gasteiger partial charge in [0.15, 0.2) is 0 Å². The van der Waals surface area contributed by atoms with E-state index < -0.39 is 0 Å². The summed E-state index contributed by atoms with van der Waals surface area (Å²) in [6.07, 6.45) is 46.6. The van der Waals surface area contributed by atoms with Gasteiger partial charge >= 0.3 is 0 Å². The van der Waals surface area contributed by atoms with Crippen molar-refractivity contribution in [3.05, 3.63) is 24.3 Å². The summed E-state index contributed by atoms with van der Waals surface area (Å²) in [6, 6.07) is 0. The lowest BCUT2D eigenvalue weighted by Gasteiger charge is -2.19. The summed E-state index contributed by atoms with van der Waals surface area (Å²) in [6.45, 7) is 4.52. The standard InChI is InChI=1S/C46H84N2O4/c1-3-5-7-9-11-13-15-17-19-21-23-25-27-32-36-40-44(50)48(46(52)42-38-34-30-29-31-35-39-43(47)49)45(51)41-37-33-28-26-24-22-20-18-16-14-12-10-8-6-4-2/h17-20H,3-16,21-42H2,1-2H3,(H2,47,49). The Bertz CT molecular complexity index is 860. The predicted molar refractivity (Wildman–Crippen MR) is 222 cm³/mol. The SMILES string of the molecule is CCCCCCCCC=CCCCCCCCC(=O)N(C(=O)CCCCCCCC=CCCCCCCCC)C(=O)CCCCCCCCC(N)=O. The molecule has 0 aromatic carbocycles. The fourth-order valence-corrected chi connectivity index (χ4v) is 6.73. The molecule has 52 heavy (non-hydrogen) atoms. The van der Waals surface area contributed by atoms with E-state index in [2.05, 4.69) is 38.2 Å². The van der Waals surface area contributed by atoms with Gasteiger partial charge in [0.2, 0.25) is 23.6 Å². The van der Waals surface area contributed by atoms with E-state index in [1.165, 1.54) is 103 Å². The lowest BCUT2D eigenvalue weighted by molar-refractivity contribution is -0.154. The maximum Gasteiger partial charge on any atom is 0.236 e. The summed E-state index contributed by atoms with van der Waals surface area (Å²) in [5.41, 5.74) is 5.21. The summed E-state index contributed by atoms with van der Waals surface area (Å²) < 4.78 is 0. The van der Waals surface area contributed by atoms with Crippen LogP contribution in [0.5, 0.6) is 0 Å². The Labute approximate surface area is 322 Å². The van der Waals surface area contributed by atoms with Crippen LogP contribution in [-0.4, -0.2) is 28.5 Å². The van der Waals surface area contributed by atoms with E-state index in [0.29, 0.717) is 12.8 Å². The Morgan fingerprint density at radius 1 is 0.346 bits per heavy atom. The first-order valence-corrected chi connectivity index (χ1v) is 22.4. The molecule has 2 N–H and O–H groups in total. The second kappa shape index (κ2) is 40.0. The third kappa shape index (κ3) is 34.8. The number of amides is 4. The van der Waals surface area contributed by atoms with Crippen LogP contribution in [0.25, 0.3) is 0 Å². The number of nitrogens with zero attached hydrogens (tertiary/aromatic N) is 1. The number of imide groups is 3. The molecule has 0 aromatic heterocycles. The predicted octanol–water partition coefficient (Wildman–Crippen LogP) is 13.5. The van der Waals surface area contributed by atoms with E-state index in [0.717, 1.165) is 101 Å². The number of carbonyl (C=O) groups excluding carboxylic acids is 4. The van der Waals surface area contributed by atoms with Crippen molar-refractivity contribution in [1.29, 1.82) is 0 Å². The molecule has 0 aliphatic carbocycles. The van der Waals surface area contributed by atoms with Crippen molar-refractivity contribution >= 4 is 23.6 Å². The van der Waals surface area contributed by atoms with Crippen molar-refractivity contribution in [2.75, 3.05) is 0 Å². The zero-order valence-corrected chi connectivity index (χ0v) is 34.4. The summed E-state index contributed by atoms with van der Waals surface area (Å²) in [4.78, 5) is 51.5. The van der Waals surface area contributed by atoms with Gasteiger partial charge in [0.25, 0.3) is 0 Å². The molecule has 0 saturated carbocycles. The summed E-state index contributed by atoms with van der Waals surface area (Å²) >= 11 is 0. The average Bonchev–Trinajstić information content (AvgIpc) is 3.12. The zero-order valence-electron chi connectivity index (χ0n) is 34.4. The average molecular weight is 729 g/mol. The number of hydrogen-bond donors (Lipinski definition) is 1. The first-order chi connectivity index (χ1) is 25.4. The fraction of sp³-hybridized carbons (Fsp3) is 0.826. The molecule has 0 rings (SSSR count). The van der Waals surface area contributed by atoms with Gasteiger partial charge in [-0.25, -0.2) is 4.90 Å². The Hall–Kier alpha value is -2.24. The summed E-state index contributed by atoms with van der Waals surface area (Å²) in [5.74, 6) is -1.22.